The molecular formula is C30H38N12O8S. The Morgan fingerprint density at radius 2 is 1.71 bits per heavy atom. The number of likely N-dealkylation sites (N-methyl/N-ethyl adjacent to an activating group) is 1. The number of ether oxygens (including phenoxy) is 1. The molecule has 4 atom stereocenters. The van der Waals surface area contributed by atoms with Gasteiger partial charge in [-0.3, -0.25) is 23.3 Å². The highest BCUT2D eigenvalue weighted by Crippen LogP contribution is 2.33. The number of aliphatic hydroxyl groups excluding tert-OH is 2. The van der Waals surface area contributed by atoms with Crippen LogP contribution in [0.2, 0.25) is 0 Å². The van der Waals surface area contributed by atoms with Gasteiger partial charge >= 0.3 is 5.69 Å². The van der Waals surface area contributed by atoms with Crippen LogP contribution >= 0.6 is 0 Å². The van der Waals surface area contributed by atoms with E-state index in [2.05, 4.69) is 35.3 Å². The molecule has 272 valence electrons. The first-order valence-electron chi connectivity index (χ1n) is 16.2. The van der Waals surface area contributed by atoms with Crippen LogP contribution in [0.4, 0.5) is 17.5 Å². The molecule has 1 aliphatic rings. The van der Waals surface area contributed by atoms with E-state index in [9.17, 15) is 33.0 Å². The number of hydrogen-bond donors (Lipinski definition) is 6. The number of anilines is 3. The van der Waals surface area contributed by atoms with Crippen molar-refractivity contribution in [1.82, 2.24) is 48.2 Å². The normalized spacial score (nSPS) is 19.3. The lowest BCUT2D eigenvalue weighted by molar-refractivity contribution is -0.137. The third-order valence-corrected chi connectivity index (χ3v) is 10.1. The number of aromatic nitrogens is 8. The topological polar surface area (TPSA) is 268 Å². The van der Waals surface area contributed by atoms with Crippen LogP contribution in [-0.2, 0) is 46.1 Å². The van der Waals surface area contributed by atoms with Gasteiger partial charge in [-0.05, 0) is 45.0 Å². The van der Waals surface area contributed by atoms with Gasteiger partial charge in [-0.15, -0.1) is 0 Å². The minimum atomic E-state index is -3.95. The van der Waals surface area contributed by atoms with Crippen molar-refractivity contribution in [2.24, 2.45) is 7.05 Å². The summed E-state index contributed by atoms with van der Waals surface area (Å²) in [5.74, 6) is -0.134. The van der Waals surface area contributed by atoms with Gasteiger partial charge in [0.2, 0.25) is 16.0 Å². The zero-order valence-corrected chi connectivity index (χ0v) is 29.0. The van der Waals surface area contributed by atoms with Gasteiger partial charge in [0.05, 0.1) is 11.2 Å². The Labute approximate surface area is 290 Å². The van der Waals surface area contributed by atoms with Crippen LogP contribution in [0, 0.1) is 0 Å². The van der Waals surface area contributed by atoms with Crippen molar-refractivity contribution < 1.29 is 28.2 Å². The smallest absolute Gasteiger partial charge is 0.332 e. The quantitative estimate of drug-likeness (QED) is 0.0871. The van der Waals surface area contributed by atoms with Gasteiger partial charge in [-0.1, -0.05) is 0 Å². The molecule has 21 heteroatoms. The molecule has 20 nitrogen and oxygen atoms in total. The lowest BCUT2D eigenvalue weighted by Gasteiger charge is -2.17. The van der Waals surface area contributed by atoms with Gasteiger partial charge < -0.3 is 35.9 Å². The van der Waals surface area contributed by atoms with Crippen molar-refractivity contribution >= 4 is 55.7 Å². The number of nitrogens with two attached hydrogens (primary N) is 1. The van der Waals surface area contributed by atoms with Crippen LogP contribution in [0.25, 0.3) is 22.3 Å². The Morgan fingerprint density at radius 1 is 1.00 bits per heavy atom. The van der Waals surface area contributed by atoms with Crippen LogP contribution in [0.15, 0.2) is 45.1 Å². The maximum Gasteiger partial charge on any atom is 0.332 e. The maximum absolute atomic E-state index is 13.1. The summed E-state index contributed by atoms with van der Waals surface area (Å²) >= 11 is 0. The molecule has 1 aromatic carbocycles. The van der Waals surface area contributed by atoms with E-state index in [4.69, 9.17) is 10.5 Å². The standard InChI is InChI=1S/C30H38N12O8S/c1-5-32-26(45)22-20(43)21(44)28(50-22)42-14-33-18-23(31)37-29(38-24(18)42)35-15-8-10-16(11-9-15)51(48,49)34-13-12-17-36-25-19(39(17)4)27(46)41(7-3)30(47)40(25)6-2/h8-11,14,20-22,28,34,43-44H,5-7,12-13H2,1-4H3,(H,32,45)(H3,31,35,37,38)/t20-,21+,22+,28+/m0/s1. The van der Waals surface area contributed by atoms with E-state index in [-0.39, 0.29) is 58.5 Å². The summed E-state index contributed by atoms with van der Waals surface area (Å²) < 4.78 is 40.0. The molecule has 1 saturated heterocycles. The lowest BCUT2D eigenvalue weighted by atomic mass is 10.1. The Balaban J connectivity index is 1.16. The second-order valence-electron chi connectivity index (χ2n) is 11.7. The van der Waals surface area contributed by atoms with Gasteiger partial charge in [0.25, 0.3) is 11.5 Å². The highest BCUT2D eigenvalue weighted by molar-refractivity contribution is 7.89. The van der Waals surface area contributed by atoms with Crippen molar-refractivity contribution in [3.05, 3.63) is 57.3 Å². The number of aryl methyl sites for hydroxylation is 2. The number of nitrogen functional groups attached to an aromatic ring is 1. The number of aliphatic hydroxyl groups is 2. The van der Waals surface area contributed by atoms with Gasteiger partial charge in [-0.25, -0.2) is 27.9 Å². The van der Waals surface area contributed by atoms with E-state index in [1.165, 1.54) is 39.7 Å². The lowest BCUT2D eigenvalue weighted by Crippen LogP contribution is -2.42. The summed E-state index contributed by atoms with van der Waals surface area (Å²) in [5, 5.41) is 26.6. The average Bonchev–Trinajstić information content (AvgIpc) is 3.75. The Hall–Kier alpha value is -5.22. The third-order valence-electron chi connectivity index (χ3n) is 8.60. The van der Waals surface area contributed by atoms with Crippen molar-refractivity contribution in [1.29, 1.82) is 0 Å². The number of amides is 1. The molecule has 0 unspecified atom stereocenters. The Morgan fingerprint density at radius 3 is 2.37 bits per heavy atom. The van der Waals surface area contributed by atoms with E-state index in [1.54, 1.807) is 32.4 Å². The number of fused-ring (bicyclic) bond motifs is 2. The first-order valence-corrected chi connectivity index (χ1v) is 17.6. The largest absolute Gasteiger partial charge is 0.387 e. The van der Waals surface area contributed by atoms with Gasteiger partial charge in [0, 0.05) is 45.3 Å². The van der Waals surface area contributed by atoms with Crippen LogP contribution in [0.5, 0.6) is 0 Å². The molecule has 4 aromatic heterocycles. The van der Waals surface area contributed by atoms with Crippen molar-refractivity contribution in [3.63, 3.8) is 0 Å². The Kier molecular flexibility index (Phi) is 9.65. The zero-order chi connectivity index (χ0) is 36.8. The molecule has 0 saturated carbocycles. The fraction of sp³-hybridized carbons (Fsp3) is 0.433. The molecule has 0 aliphatic carbocycles. The van der Waals surface area contributed by atoms with E-state index in [1.807, 2.05) is 0 Å². The highest BCUT2D eigenvalue weighted by Gasteiger charge is 2.47. The fourth-order valence-corrected chi connectivity index (χ4v) is 7.02. The second-order valence-corrected chi connectivity index (χ2v) is 13.5. The summed E-state index contributed by atoms with van der Waals surface area (Å²) in [6.07, 6.45) is -4.05. The summed E-state index contributed by atoms with van der Waals surface area (Å²) in [6.45, 7) is 6.00. The average molecular weight is 727 g/mol. The molecule has 1 amide bonds. The number of carbonyl (C=O) groups is 1. The number of nitrogens with zero attached hydrogens (tertiary/aromatic N) is 8. The molecule has 5 aromatic rings. The number of rotatable bonds is 12. The van der Waals surface area contributed by atoms with Gasteiger partial charge in [-0.2, -0.15) is 9.97 Å². The number of sulfonamides is 1. The molecular weight excluding hydrogens is 688 g/mol. The molecule has 5 heterocycles. The predicted octanol–water partition coefficient (Wildman–Crippen LogP) is -1.32. The maximum atomic E-state index is 13.1. The van der Waals surface area contributed by atoms with Gasteiger partial charge in [0.15, 0.2) is 35.0 Å². The van der Waals surface area contributed by atoms with Crippen molar-refractivity contribution in [3.8, 4) is 0 Å². The number of nitrogens with one attached hydrogen (secondary N) is 3. The number of benzene rings is 1. The molecule has 0 bridgehead atoms. The molecule has 0 spiro atoms. The molecule has 7 N–H and O–H groups in total. The molecule has 1 aliphatic heterocycles. The second kappa shape index (κ2) is 13.8. The summed E-state index contributed by atoms with van der Waals surface area (Å²) in [6, 6.07) is 5.76. The first-order chi connectivity index (χ1) is 24.3. The summed E-state index contributed by atoms with van der Waals surface area (Å²) in [7, 11) is -2.30. The van der Waals surface area contributed by atoms with E-state index in [0.29, 0.717) is 24.6 Å². The number of hydrogen-bond acceptors (Lipinski definition) is 14. The van der Waals surface area contributed by atoms with E-state index < -0.39 is 51.7 Å². The number of carbonyl (C=O) groups excluding carboxylic acids is 1. The molecule has 0 radical (unpaired) electrons. The minimum absolute atomic E-state index is 0.00687. The van der Waals surface area contributed by atoms with Crippen molar-refractivity contribution in [2.75, 3.05) is 24.1 Å². The number of imidazole rings is 2. The van der Waals surface area contributed by atoms with Crippen molar-refractivity contribution in [2.45, 2.75) is 69.7 Å². The van der Waals surface area contributed by atoms with Gasteiger partial charge in [0.1, 0.15) is 23.5 Å². The minimum Gasteiger partial charge on any atom is -0.387 e. The predicted molar refractivity (Wildman–Crippen MR) is 184 cm³/mol. The summed E-state index contributed by atoms with van der Waals surface area (Å²) in [5.41, 5.74) is 6.51. The van der Waals surface area contributed by atoms with Crippen LogP contribution in [0.1, 0.15) is 32.8 Å². The van der Waals surface area contributed by atoms with Crippen LogP contribution in [0.3, 0.4) is 0 Å². The van der Waals surface area contributed by atoms with Crippen LogP contribution in [-0.4, -0.2) is 94.1 Å². The third kappa shape index (κ3) is 6.33. The fourth-order valence-electron chi connectivity index (χ4n) is 5.98. The molecule has 1 fully saturated rings. The van der Waals surface area contributed by atoms with E-state index >= 15 is 0 Å². The monoisotopic (exact) mass is 726 g/mol. The van der Waals surface area contributed by atoms with E-state index in [0.717, 1.165) is 4.57 Å². The van der Waals surface area contributed by atoms with Crippen LogP contribution < -0.4 is 32.3 Å². The SMILES string of the molecule is CCNC(=O)[C@@H]1O[C@@H](n2cnc3c(N)nc(Nc4ccc(S(=O)(=O)NCCc5nc6c(c(=O)n(CC)c(=O)n6CC)n5C)cc4)nc32)[C@H](O)[C@@H]1O. The zero-order valence-electron chi connectivity index (χ0n) is 28.1. The summed E-state index contributed by atoms with van der Waals surface area (Å²) in [4.78, 5) is 55.4. The molecule has 51 heavy (non-hydrogen) atoms. The first kappa shape index (κ1) is 35.6. The molecule has 6 rings (SSSR count). The Bertz CT molecular complexity index is 2350. The highest BCUT2D eigenvalue weighted by atomic mass is 32.2.